The molecule has 1 unspecified atom stereocenters. The number of nitrogens with zero attached hydrogens (tertiary/aromatic N) is 1. The molecule has 3 aromatic carbocycles. The molecule has 0 aliphatic carbocycles. The number of ketones is 1. The van der Waals surface area contributed by atoms with E-state index in [1.54, 1.807) is 17.0 Å². The lowest BCUT2D eigenvalue weighted by Gasteiger charge is -2.25. The van der Waals surface area contributed by atoms with Crippen LogP contribution in [0.5, 0.6) is 5.75 Å². The topological polar surface area (TPSA) is 66.8 Å². The summed E-state index contributed by atoms with van der Waals surface area (Å²) in [6.07, 6.45) is 2.62. The predicted octanol–water partition coefficient (Wildman–Crippen LogP) is 5.84. The third-order valence-corrected chi connectivity index (χ3v) is 6.31. The molecule has 5 nitrogen and oxygen atoms in total. The number of amides is 1. The zero-order valence-electron chi connectivity index (χ0n) is 20.2. The maximum atomic E-state index is 13.2. The first kappa shape index (κ1) is 24.3. The molecule has 180 valence electrons. The summed E-state index contributed by atoms with van der Waals surface area (Å²) in [7, 11) is 0. The Morgan fingerprint density at radius 2 is 1.63 bits per heavy atom. The summed E-state index contributed by atoms with van der Waals surface area (Å²) in [4.78, 5) is 27.9. The van der Waals surface area contributed by atoms with Crippen molar-refractivity contribution < 1.29 is 19.4 Å². The van der Waals surface area contributed by atoms with Crippen LogP contribution in [0.25, 0.3) is 5.76 Å². The molecule has 1 N–H and O–H groups in total. The van der Waals surface area contributed by atoms with Crippen LogP contribution in [0.15, 0.2) is 84.4 Å². The quantitative estimate of drug-likeness (QED) is 0.185. The Morgan fingerprint density at radius 3 is 2.29 bits per heavy atom. The highest BCUT2D eigenvalue weighted by Gasteiger charge is 2.45. The summed E-state index contributed by atoms with van der Waals surface area (Å²) < 4.78 is 5.78. The molecule has 5 heteroatoms. The van der Waals surface area contributed by atoms with Crippen LogP contribution in [-0.4, -0.2) is 34.8 Å². The van der Waals surface area contributed by atoms with Crippen molar-refractivity contribution in [2.75, 3.05) is 13.2 Å². The van der Waals surface area contributed by atoms with Gasteiger partial charge in [-0.25, -0.2) is 0 Å². The van der Waals surface area contributed by atoms with Crippen molar-refractivity contribution in [3.8, 4) is 5.75 Å². The third kappa shape index (κ3) is 5.46. The first-order valence-corrected chi connectivity index (χ1v) is 12.1. The highest BCUT2D eigenvalue weighted by atomic mass is 16.5. The number of carbonyl (C=O) groups excluding carboxylic acids is 2. The van der Waals surface area contributed by atoms with E-state index in [1.165, 1.54) is 0 Å². The van der Waals surface area contributed by atoms with E-state index >= 15 is 0 Å². The van der Waals surface area contributed by atoms with Crippen LogP contribution in [0.4, 0.5) is 0 Å². The highest BCUT2D eigenvalue weighted by Crippen LogP contribution is 2.40. The Labute approximate surface area is 206 Å². The molecule has 1 aliphatic rings. The van der Waals surface area contributed by atoms with Gasteiger partial charge in [0.2, 0.25) is 0 Å². The van der Waals surface area contributed by atoms with Crippen molar-refractivity contribution in [2.45, 2.75) is 39.2 Å². The number of aliphatic hydroxyl groups is 1. The fourth-order valence-electron chi connectivity index (χ4n) is 4.30. The molecule has 0 bridgehead atoms. The van der Waals surface area contributed by atoms with Crippen molar-refractivity contribution >= 4 is 17.4 Å². The summed E-state index contributed by atoms with van der Waals surface area (Å²) in [6.45, 7) is 5.06. The van der Waals surface area contributed by atoms with E-state index in [1.807, 2.05) is 73.7 Å². The average molecular weight is 470 g/mol. The number of benzene rings is 3. The highest BCUT2D eigenvalue weighted by molar-refractivity contribution is 6.46. The number of likely N-dealkylation sites (tertiary alicyclic amines) is 1. The minimum atomic E-state index is -0.676. The first-order valence-electron chi connectivity index (χ1n) is 12.1. The standard InChI is InChI=1S/C30H31NO4/c1-3-4-20-35-25-16-14-23(15-17-25)27-26(28(32)24-12-10-21(2)11-13-24)29(33)30(34)31(27)19-18-22-8-6-5-7-9-22/h5-17,27,32H,3-4,18-20H2,1-2H3. The van der Waals surface area contributed by atoms with Gasteiger partial charge in [0.15, 0.2) is 0 Å². The number of ether oxygens (including phenoxy) is 1. The lowest BCUT2D eigenvalue weighted by molar-refractivity contribution is -0.139. The van der Waals surface area contributed by atoms with Gasteiger partial charge in [-0.15, -0.1) is 0 Å². The molecule has 0 radical (unpaired) electrons. The molecule has 0 aromatic heterocycles. The second kappa shape index (κ2) is 11.0. The van der Waals surface area contributed by atoms with Crippen LogP contribution < -0.4 is 4.74 Å². The van der Waals surface area contributed by atoms with Crippen LogP contribution in [-0.2, 0) is 16.0 Å². The summed E-state index contributed by atoms with van der Waals surface area (Å²) in [6, 6.07) is 23.9. The van der Waals surface area contributed by atoms with Gasteiger partial charge in [-0.05, 0) is 43.0 Å². The van der Waals surface area contributed by atoms with Gasteiger partial charge in [-0.2, -0.15) is 0 Å². The summed E-state index contributed by atoms with van der Waals surface area (Å²) in [5.41, 5.74) is 3.51. The number of unbranched alkanes of at least 4 members (excludes halogenated alkanes) is 1. The van der Waals surface area contributed by atoms with Gasteiger partial charge in [0, 0.05) is 12.1 Å². The minimum Gasteiger partial charge on any atom is -0.507 e. The normalized spacial score (nSPS) is 17.1. The number of hydrogen-bond donors (Lipinski definition) is 1. The minimum absolute atomic E-state index is 0.117. The fraction of sp³-hybridized carbons (Fsp3) is 0.267. The van der Waals surface area contributed by atoms with Gasteiger partial charge in [-0.1, -0.05) is 85.6 Å². The predicted molar refractivity (Wildman–Crippen MR) is 137 cm³/mol. The smallest absolute Gasteiger partial charge is 0.295 e. The molecule has 1 atom stereocenters. The molecule has 0 saturated carbocycles. The van der Waals surface area contributed by atoms with Gasteiger partial charge in [0.25, 0.3) is 11.7 Å². The second-order valence-electron chi connectivity index (χ2n) is 8.87. The van der Waals surface area contributed by atoms with E-state index in [4.69, 9.17) is 4.74 Å². The van der Waals surface area contributed by atoms with Crippen molar-refractivity contribution in [1.82, 2.24) is 4.90 Å². The molecule has 1 amide bonds. The number of hydrogen-bond acceptors (Lipinski definition) is 4. The van der Waals surface area contributed by atoms with Crippen molar-refractivity contribution in [2.24, 2.45) is 0 Å². The Hall–Kier alpha value is -3.86. The van der Waals surface area contributed by atoms with Crippen LogP contribution in [0.2, 0.25) is 0 Å². The Kier molecular flexibility index (Phi) is 7.66. The van der Waals surface area contributed by atoms with Gasteiger partial charge < -0.3 is 14.7 Å². The molecule has 1 aliphatic heterocycles. The lowest BCUT2D eigenvalue weighted by atomic mass is 9.95. The molecular formula is C30H31NO4. The van der Waals surface area contributed by atoms with Crippen LogP contribution in [0, 0.1) is 6.92 Å². The Morgan fingerprint density at radius 1 is 0.943 bits per heavy atom. The molecule has 35 heavy (non-hydrogen) atoms. The van der Waals surface area contributed by atoms with Gasteiger partial charge in [0.05, 0.1) is 18.2 Å². The van der Waals surface area contributed by atoms with Crippen LogP contribution in [0.1, 0.15) is 48.1 Å². The monoisotopic (exact) mass is 469 g/mol. The van der Waals surface area contributed by atoms with E-state index in [-0.39, 0.29) is 11.3 Å². The summed E-state index contributed by atoms with van der Waals surface area (Å²) >= 11 is 0. The van der Waals surface area contributed by atoms with Crippen molar-refractivity contribution in [3.63, 3.8) is 0 Å². The Bertz CT molecular complexity index is 1200. The molecule has 1 fully saturated rings. The summed E-state index contributed by atoms with van der Waals surface area (Å²) in [5, 5.41) is 11.2. The van der Waals surface area contributed by atoms with E-state index in [0.717, 1.165) is 35.3 Å². The summed E-state index contributed by atoms with van der Waals surface area (Å²) in [5.74, 6) is -0.673. The zero-order valence-corrected chi connectivity index (χ0v) is 20.2. The molecular weight excluding hydrogens is 438 g/mol. The van der Waals surface area contributed by atoms with Crippen LogP contribution >= 0.6 is 0 Å². The molecule has 0 spiro atoms. The number of carbonyl (C=O) groups is 2. The van der Waals surface area contributed by atoms with Crippen LogP contribution in [0.3, 0.4) is 0 Å². The average Bonchev–Trinajstić information content (AvgIpc) is 3.13. The maximum Gasteiger partial charge on any atom is 0.295 e. The number of aryl methyl sites for hydroxylation is 1. The molecule has 1 heterocycles. The number of rotatable bonds is 9. The third-order valence-electron chi connectivity index (χ3n) is 6.31. The fourth-order valence-corrected chi connectivity index (χ4v) is 4.30. The van der Waals surface area contributed by atoms with E-state index in [0.29, 0.717) is 25.1 Å². The Balaban J connectivity index is 1.71. The van der Waals surface area contributed by atoms with E-state index in [9.17, 15) is 14.7 Å². The van der Waals surface area contributed by atoms with E-state index in [2.05, 4.69) is 6.92 Å². The largest absolute Gasteiger partial charge is 0.507 e. The number of Topliss-reactive ketones (excluding diaryl/α,β-unsaturated/α-hetero) is 1. The second-order valence-corrected chi connectivity index (χ2v) is 8.87. The van der Waals surface area contributed by atoms with Crippen molar-refractivity contribution in [1.29, 1.82) is 0 Å². The molecule has 1 saturated heterocycles. The van der Waals surface area contributed by atoms with Crippen molar-refractivity contribution in [3.05, 3.63) is 107 Å². The van der Waals surface area contributed by atoms with Gasteiger partial charge in [0.1, 0.15) is 11.5 Å². The van der Waals surface area contributed by atoms with E-state index < -0.39 is 17.7 Å². The van der Waals surface area contributed by atoms with Gasteiger partial charge >= 0.3 is 0 Å². The lowest BCUT2D eigenvalue weighted by Crippen LogP contribution is -2.31. The maximum absolute atomic E-state index is 13.2. The molecule has 3 aromatic rings. The zero-order chi connectivity index (χ0) is 24.8. The first-order chi connectivity index (χ1) is 17.0. The van der Waals surface area contributed by atoms with Gasteiger partial charge in [-0.3, -0.25) is 9.59 Å². The molecule has 4 rings (SSSR count). The number of aliphatic hydroxyl groups excluding tert-OH is 1. The SMILES string of the molecule is CCCCOc1ccc(C2C(=C(O)c3ccc(C)cc3)C(=O)C(=O)N2CCc2ccccc2)cc1.